The number of ketones is 1. The first kappa shape index (κ1) is 13.0. The molecule has 2 rings (SSSR count). The Morgan fingerprint density at radius 1 is 1.32 bits per heavy atom. The standard InChI is InChI=1S/C12H13N3O4/c1-8(16)7-19-10-4-2-9(3-5-10)15-11(17)6-13-14-12(15)18/h2-5,13H,6-7H2,1H3,(H,14,18). The number of ether oxygens (including phenoxy) is 1. The van der Waals surface area contributed by atoms with Gasteiger partial charge in [-0.05, 0) is 31.2 Å². The van der Waals surface area contributed by atoms with Gasteiger partial charge < -0.3 is 4.74 Å². The highest BCUT2D eigenvalue weighted by Gasteiger charge is 2.26. The first-order valence-corrected chi connectivity index (χ1v) is 5.66. The maximum absolute atomic E-state index is 11.6. The molecule has 0 spiro atoms. The fourth-order valence-corrected chi connectivity index (χ4v) is 1.58. The van der Waals surface area contributed by atoms with Gasteiger partial charge in [0.05, 0.1) is 12.2 Å². The van der Waals surface area contributed by atoms with E-state index in [4.69, 9.17) is 4.74 Å². The molecule has 1 aliphatic rings. The molecule has 1 heterocycles. The molecule has 3 amide bonds. The number of anilines is 1. The average molecular weight is 263 g/mol. The van der Waals surface area contributed by atoms with Gasteiger partial charge in [-0.25, -0.2) is 15.1 Å². The molecular weight excluding hydrogens is 250 g/mol. The van der Waals surface area contributed by atoms with Crippen molar-refractivity contribution in [3.63, 3.8) is 0 Å². The predicted molar refractivity (Wildman–Crippen MR) is 66.6 cm³/mol. The highest BCUT2D eigenvalue weighted by molar-refractivity contribution is 6.16. The van der Waals surface area contributed by atoms with E-state index in [0.29, 0.717) is 11.4 Å². The van der Waals surface area contributed by atoms with Crippen molar-refractivity contribution in [1.29, 1.82) is 0 Å². The Morgan fingerprint density at radius 2 is 2.00 bits per heavy atom. The lowest BCUT2D eigenvalue weighted by atomic mass is 10.2. The minimum absolute atomic E-state index is 0.00754. The molecule has 0 radical (unpaired) electrons. The van der Waals surface area contributed by atoms with Crippen molar-refractivity contribution in [3.8, 4) is 5.75 Å². The molecule has 0 saturated carbocycles. The van der Waals surface area contributed by atoms with E-state index in [1.165, 1.54) is 6.92 Å². The number of hydrogen-bond acceptors (Lipinski definition) is 5. The number of nitrogens with zero attached hydrogens (tertiary/aromatic N) is 1. The summed E-state index contributed by atoms with van der Waals surface area (Å²) in [5.41, 5.74) is 5.27. The van der Waals surface area contributed by atoms with Crippen LogP contribution < -0.4 is 20.5 Å². The number of urea groups is 1. The van der Waals surface area contributed by atoms with Crippen molar-refractivity contribution < 1.29 is 19.1 Å². The lowest BCUT2D eigenvalue weighted by Crippen LogP contribution is -2.58. The van der Waals surface area contributed by atoms with Crippen molar-refractivity contribution in [2.24, 2.45) is 0 Å². The molecule has 1 aromatic carbocycles. The average Bonchev–Trinajstić information content (AvgIpc) is 2.37. The van der Waals surface area contributed by atoms with Crippen LogP contribution in [0.2, 0.25) is 0 Å². The summed E-state index contributed by atoms with van der Waals surface area (Å²) in [7, 11) is 0. The van der Waals surface area contributed by atoms with Gasteiger partial charge in [-0.15, -0.1) is 0 Å². The van der Waals surface area contributed by atoms with E-state index in [0.717, 1.165) is 4.90 Å². The Hall–Kier alpha value is -2.41. The molecule has 7 heteroatoms. The summed E-state index contributed by atoms with van der Waals surface area (Å²) < 4.78 is 5.20. The number of rotatable bonds is 4. The van der Waals surface area contributed by atoms with Crippen molar-refractivity contribution in [2.45, 2.75) is 6.92 Å². The van der Waals surface area contributed by atoms with Gasteiger partial charge in [-0.2, -0.15) is 0 Å². The Morgan fingerprint density at radius 3 is 2.58 bits per heavy atom. The van der Waals surface area contributed by atoms with Crippen LogP contribution in [-0.2, 0) is 9.59 Å². The number of Topliss-reactive ketones (excluding diaryl/α,β-unsaturated/α-hetero) is 1. The van der Waals surface area contributed by atoms with E-state index in [-0.39, 0.29) is 24.8 Å². The van der Waals surface area contributed by atoms with E-state index in [1.807, 2.05) is 0 Å². The number of imide groups is 1. The summed E-state index contributed by atoms with van der Waals surface area (Å²) in [6.07, 6.45) is 0. The lowest BCUT2D eigenvalue weighted by Gasteiger charge is -2.26. The zero-order valence-corrected chi connectivity index (χ0v) is 10.3. The molecule has 2 N–H and O–H groups in total. The van der Waals surface area contributed by atoms with Crippen molar-refractivity contribution in [3.05, 3.63) is 24.3 Å². The molecule has 0 aliphatic carbocycles. The van der Waals surface area contributed by atoms with Gasteiger partial charge in [0.1, 0.15) is 12.4 Å². The van der Waals surface area contributed by atoms with Gasteiger partial charge in [0, 0.05) is 0 Å². The second-order valence-corrected chi connectivity index (χ2v) is 4.00. The Bertz CT molecular complexity index is 496. The molecule has 0 atom stereocenters. The van der Waals surface area contributed by atoms with E-state index in [1.54, 1.807) is 24.3 Å². The van der Waals surface area contributed by atoms with E-state index in [2.05, 4.69) is 10.9 Å². The predicted octanol–water partition coefficient (Wildman–Crippen LogP) is 0.215. The molecule has 0 aromatic heterocycles. The zero-order chi connectivity index (χ0) is 13.8. The van der Waals surface area contributed by atoms with Gasteiger partial charge in [0.15, 0.2) is 5.78 Å². The second-order valence-electron chi connectivity index (χ2n) is 4.00. The van der Waals surface area contributed by atoms with Crippen molar-refractivity contribution >= 4 is 23.4 Å². The third-order valence-corrected chi connectivity index (χ3v) is 2.42. The lowest BCUT2D eigenvalue weighted by molar-refractivity contribution is -0.119. The molecule has 1 aliphatic heterocycles. The fourth-order valence-electron chi connectivity index (χ4n) is 1.58. The summed E-state index contributed by atoms with van der Waals surface area (Å²) in [5.74, 6) is 0.0730. The molecule has 19 heavy (non-hydrogen) atoms. The smallest absolute Gasteiger partial charge is 0.343 e. The SMILES string of the molecule is CC(=O)COc1ccc(N2C(=O)CNNC2=O)cc1. The highest BCUT2D eigenvalue weighted by Crippen LogP contribution is 2.20. The first-order chi connectivity index (χ1) is 9.08. The van der Waals surface area contributed by atoms with Crippen LogP contribution in [0.5, 0.6) is 5.75 Å². The van der Waals surface area contributed by atoms with Crippen LogP contribution in [0.3, 0.4) is 0 Å². The summed E-state index contributed by atoms with van der Waals surface area (Å²) >= 11 is 0. The summed E-state index contributed by atoms with van der Waals surface area (Å²) in [6, 6.07) is 5.83. The van der Waals surface area contributed by atoms with Gasteiger partial charge in [0.25, 0.3) is 5.91 Å². The Labute approximate surface area is 109 Å². The topological polar surface area (TPSA) is 87.7 Å². The second kappa shape index (κ2) is 5.49. The van der Waals surface area contributed by atoms with E-state index < -0.39 is 6.03 Å². The van der Waals surface area contributed by atoms with Crippen molar-refractivity contribution in [2.75, 3.05) is 18.1 Å². The molecule has 7 nitrogen and oxygen atoms in total. The van der Waals surface area contributed by atoms with Crippen LogP contribution in [0.15, 0.2) is 24.3 Å². The summed E-state index contributed by atoms with van der Waals surface area (Å²) in [5, 5.41) is 0. The summed E-state index contributed by atoms with van der Waals surface area (Å²) in [4.78, 5) is 35.0. The number of hydrazine groups is 1. The highest BCUT2D eigenvalue weighted by atomic mass is 16.5. The van der Waals surface area contributed by atoms with Crippen molar-refractivity contribution in [1.82, 2.24) is 10.9 Å². The largest absolute Gasteiger partial charge is 0.486 e. The maximum Gasteiger partial charge on any atom is 0.343 e. The number of hydrogen-bond donors (Lipinski definition) is 2. The van der Waals surface area contributed by atoms with Crippen LogP contribution in [0, 0.1) is 0 Å². The fraction of sp³-hybridized carbons (Fsp3) is 0.250. The number of amides is 3. The molecule has 0 unspecified atom stereocenters. The molecule has 100 valence electrons. The quantitative estimate of drug-likeness (QED) is 0.811. The number of carbonyl (C=O) groups is 3. The monoisotopic (exact) mass is 263 g/mol. The van der Waals surface area contributed by atoms with Crippen LogP contribution in [0.1, 0.15) is 6.92 Å². The third kappa shape index (κ3) is 3.08. The first-order valence-electron chi connectivity index (χ1n) is 5.66. The van der Waals surface area contributed by atoms with Crippen LogP contribution in [0.4, 0.5) is 10.5 Å². The molecule has 1 aromatic rings. The normalized spacial score (nSPS) is 15.1. The molecular formula is C12H13N3O4. The van der Waals surface area contributed by atoms with E-state index in [9.17, 15) is 14.4 Å². The number of nitrogens with one attached hydrogen (secondary N) is 2. The van der Waals surface area contributed by atoms with Gasteiger partial charge in [-0.3, -0.25) is 15.0 Å². The van der Waals surface area contributed by atoms with Crippen LogP contribution in [-0.4, -0.2) is 30.9 Å². The molecule has 1 saturated heterocycles. The Kier molecular flexibility index (Phi) is 3.76. The molecule has 1 fully saturated rings. The van der Waals surface area contributed by atoms with Gasteiger partial charge in [0.2, 0.25) is 0 Å². The van der Waals surface area contributed by atoms with Gasteiger partial charge in [-0.1, -0.05) is 0 Å². The minimum Gasteiger partial charge on any atom is -0.486 e. The third-order valence-electron chi connectivity index (χ3n) is 2.42. The molecule has 0 bridgehead atoms. The summed E-state index contributed by atoms with van der Waals surface area (Å²) in [6.45, 7) is 1.46. The minimum atomic E-state index is -0.534. The van der Waals surface area contributed by atoms with Crippen LogP contribution in [0.25, 0.3) is 0 Å². The van der Waals surface area contributed by atoms with E-state index >= 15 is 0 Å². The van der Waals surface area contributed by atoms with Crippen LogP contribution >= 0.6 is 0 Å². The van der Waals surface area contributed by atoms with Gasteiger partial charge >= 0.3 is 6.03 Å². The number of carbonyl (C=O) groups excluding carboxylic acids is 3. The Balaban J connectivity index is 2.11. The zero-order valence-electron chi connectivity index (χ0n) is 10.3. The maximum atomic E-state index is 11.6. The number of benzene rings is 1.